The molecular weight excluding hydrogens is 372 g/mol. The van der Waals surface area contributed by atoms with E-state index in [1.807, 2.05) is 18.2 Å². The molecule has 0 radical (unpaired) electrons. The first kappa shape index (κ1) is 14.6. The van der Waals surface area contributed by atoms with Gasteiger partial charge in [-0.05, 0) is 30.7 Å². The number of halogens is 2. The van der Waals surface area contributed by atoms with Crippen LogP contribution in [0.2, 0.25) is 5.02 Å². The highest BCUT2D eigenvalue weighted by molar-refractivity contribution is 9.10. The van der Waals surface area contributed by atoms with E-state index in [4.69, 9.17) is 17.3 Å². The van der Waals surface area contributed by atoms with Gasteiger partial charge in [0, 0.05) is 9.35 Å². The molecule has 0 saturated carbocycles. The van der Waals surface area contributed by atoms with Gasteiger partial charge in [0.25, 0.3) is 0 Å². The van der Waals surface area contributed by atoms with Crippen molar-refractivity contribution in [3.63, 3.8) is 0 Å². The van der Waals surface area contributed by atoms with Crippen molar-refractivity contribution in [1.29, 1.82) is 0 Å². The first-order valence-electron chi connectivity index (χ1n) is 6.35. The number of thiophene rings is 1. The number of nitrogens with zero attached hydrogens (tertiary/aromatic N) is 2. The van der Waals surface area contributed by atoms with Crippen molar-refractivity contribution >= 4 is 66.5 Å². The van der Waals surface area contributed by atoms with E-state index >= 15 is 0 Å². The van der Waals surface area contributed by atoms with Gasteiger partial charge in [-0.25, -0.2) is 4.98 Å². The summed E-state index contributed by atoms with van der Waals surface area (Å²) in [6, 6.07) is 7.73. The topological polar surface area (TPSA) is 63.8 Å². The van der Waals surface area contributed by atoms with Gasteiger partial charge in [-0.1, -0.05) is 34.5 Å². The van der Waals surface area contributed by atoms with Crippen molar-refractivity contribution in [2.24, 2.45) is 0 Å². The van der Waals surface area contributed by atoms with Crippen LogP contribution in [-0.4, -0.2) is 9.97 Å². The average Bonchev–Trinajstić information content (AvgIpc) is 2.85. The molecule has 0 saturated heterocycles. The van der Waals surface area contributed by atoms with Crippen LogP contribution in [0.1, 0.15) is 11.8 Å². The summed E-state index contributed by atoms with van der Waals surface area (Å²) in [6.07, 6.45) is 0.958. The molecular formula is C14H12BrClN4S. The predicted molar refractivity (Wildman–Crippen MR) is 93.6 cm³/mol. The van der Waals surface area contributed by atoms with Crippen LogP contribution in [0.3, 0.4) is 0 Å². The molecule has 0 aliphatic carbocycles. The van der Waals surface area contributed by atoms with E-state index in [-0.39, 0.29) is 5.95 Å². The molecule has 2 heterocycles. The molecule has 0 unspecified atom stereocenters. The van der Waals surface area contributed by atoms with Crippen molar-refractivity contribution in [1.82, 2.24) is 9.97 Å². The van der Waals surface area contributed by atoms with Gasteiger partial charge in [0.05, 0.1) is 16.1 Å². The van der Waals surface area contributed by atoms with Gasteiger partial charge in [-0.2, -0.15) is 4.98 Å². The van der Waals surface area contributed by atoms with E-state index in [1.165, 1.54) is 4.88 Å². The Morgan fingerprint density at radius 1 is 1.33 bits per heavy atom. The molecule has 7 heteroatoms. The Bertz CT molecular complexity index is 818. The van der Waals surface area contributed by atoms with Gasteiger partial charge in [0.15, 0.2) is 0 Å². The molecule has 0 fully saturated rings. The predicted octanol–water partition coefficient (Wildman–Crippen LogP) is 5.00. The van der Waals surface area contributed by atoms with E-state index in [2.05, 4.69) is 44.2 Å². The van der Waals surface area contributed by atoms with Crippen LogP contribution in [0.15, 0.2) is 28.7 Å². The van der Waals surface area contributed by atoms with Crippen LogP contribution in [0.5, 0.6) is 0 Å². The third-order valence-corrected chi connectivity index (χ3v) is 4.97. The van der Waals surface area contributed by atoms with Crippen LogP contribution in [0.25, 0.3) is 10.2 Å². The highest BCUT2D eigenvalue weighted by Crippen LogP contribution is 2.34. The first-order chi connectivity index (χ1) is 10.1. The Hall–Kier alpha value is -1.37. The number of nitrogens with one attached hydrogen (secondary N) is 1. The molecule has 0 aliphatic heterocycles. The molecule has 3 aromatic rings. The maximum Gasteiger partial charge on any atom is 0.223 e. The van der Waals surface area contributed by atoms with Gasteiger partial charge in [0.2, 0.25) is 5.95 Å². The maximum atomic E-state index is 6.24. The van der Waals surface area contributed by atoms with Crippen molar-refractivity contribution in [2.45, 2.75) is 13.3 Å². The van der Waals surface area contributed by atoms with Crippen LogP contribution in [0.4, 0.5) is 17.5 Å². The molecule has 2 aromatic heterocycles. The Morgan fingerprint density at radius 2 is 2.14 bits per heavy atom. The minimum atomic E-state index is 0.253. The second-order valence-electron chi connectivity index (χ2n) is 4.46. The fourth-order valence-corrected chi connectivity index (χ4v) is 3.67. The van der Waals surface area contributed by atoms with Gasteiger partial charge in [-0.3, -0.25) is 0 Å². The van der Waals surface area contributed by atoms with Crippen molar-refractivity contribution < 1.29 is 0 Å². The molecule has 0 spiro atoms. The summed E-state index contributed by atoms with van der Waals surface area (Å²) in [5.74, 6) is 0.931. The minimum absolute atomic E-state index is 0.253. The van der Waals surface area contributed by atoms with Crippen molar-refractivity contribution in [3.05, 3.63) is 38.6 Å². The van der Waals surface area contributed by atoms with Gasteiger partial charge in [-0.15, -0.1) is 11.3 Å². The quantitative estimate of drug-likeness (QED) is 0.668. The number of aromatic nitrogens is 2. The van der Waals surface area contributed by atoms with E-state index in [1.54, 1.807) is 11.3 Å². The first-order valence-corrected chi connectivity index (χ1v) is 8.33. The molecule has 1 aromatic carbocycles. The molecule has 0 bridgehead atoms. The number of hydrogen-bond acceptors (Lipinski definition) is 5. The number of rotatable bonds is 3. The number of benzene rings is 1. The average molecular weight is 384 g/mol. The molecule has 108 valence electrons. The fourth-order valence-electron chi connectivity index (χ4n) is 1.98. The number of hydrogen-bond donors (Lipinski definition) is 2. The van der Waals surface area contributed by atoms with Crippen molar-refractivity contribution in [2.75, 3.05) is 11.1 Å². The Labute approximate surface area is 139 Å². The molecule has 0 amide bonds. The molecule has 21 heavy (non-hydrogen) atoms. The van der Waals surface area contributed by atoms with E-state index in [0.717, 1.165) is 26.8 Å². The zero-order chi connectivity index (χ0) is 15.0. The minimum Gasteiger partial charge on any atom is -0.368 e. The Balaban J connectivity index is 2.08. The van der Waals surface area contributed by atoms with E-state index < -0.39 is 0 Å². The smallest absolute Gasteiger partial charge is 0.223 e. The molecule has 3 N–H and O–H groups in total. The second-order valence-corrected chi connectivity index (χ2v) is 6.90. The Morgan fingerprint density at radius 3 is 2.86 bits per heavy atom. The van der Waals surface area contributed by atoms with Crippen LogP contribution in [-0.2, 0) is 6.42 Å². The molecule has 0 atom stereocenters. The number of anilines is 3. The zero-order valence-electron chi connectivity index (χ0n) is 11.2. The largest absolute Gasteiger partial charge is 0.368 e. The summed E-state index contributed by atoms with van der Waals surface area (Å²) in [7, 11) is 0. The van der Waals surface area contributed by atoms with Crippen molar-refractivity contribution in [3.8, 4) is 0 Å². The van der Waals surface area contributed by atoms with E-state index in [9.17, 15) is 0 Å². The van der Waals surface area contributed by atoms with Gasteiger partial charge >= 0.3 is 0 Å². The molecule has 4 nitrogen and oxygen atoms in total. The summed E-state index contributed by atoms with van der Waals surface area (Å²) >= 11 is 11.3. The monoisotopic (exact) mass is 382 g/mol. The fraction of sp³-hybridized carbons (Fsp3) is 0.143. The van der Waals surface area contributed by atoms with Crippen LogP contribution in [0, 0.1) is 0 Å². The second kappa shape index (κ2) is 5.79. The lowest BCUT2D eigenvalue weighted by Crippen LogP contribution is -2.00. The summed E-state index contributed by atoms with van der Waals surface area (Å²) in [6.45, 7) is 2.11. The number of nitrogen functional groups attached to an aromatic ring is 1. The maximum absolute atomic E-state index is 6.24. The molecule has 0 aliphatic rings. The lowest BCUT2D eigenvalue weighted by molar-refractivity contribution is 1.19. The lowest BCUT2D eigenvalue weighted by atomic mass is 10.3. The standard InChI is InChI=1S/C14H12BrClN4S/c1-2-8-6-9-12(19-14(17)20-13(9)21-8)18-11-4-3-7(15)5-10(11)16/h3-6H,2H2,1H3,(H3,17,18,19,20). The van der Waals surface area contributed by atoms with Crippen LogP contribution >= 0.6 is 38.9 Å². The third-order valence-electron chi connectivity index (χ3n) is 2.99. The van der Waals surface area contributed by atoms with Gasteiger partial charge < -0.3 is 11.1 Å². The SMILES string of the molecule is CCc1cc2c(Nc3ccc(Br)cc3Cl)nc(N)nc2s1. The number of fused-ring (bicyclic) bond motifs is 1. The highest BCUT2D eigenvalue weighted by atomic mass is 79.9. The summed E-state index contributed by atoms with van der Waals surface area (Å²) in [5, 5.41) is 4.82. The van der Waals surface area contributed by atoms with Gasteiger partial charge in [0.1, 0.15) is 10.6 Å². The number of aryl methyl sites for hydroxylation is 1. The normalized spacial score (nSPS) is 11.0. The highest BCUT2D eigenvalue weighted by Gasteiger charge is 2.11. The summed E-state index contributed by atoms with van der Waals surface area (Å²) in [5.41, 5.74) is 6.58. The van der Waals surface area contributed by atoms with Crippen LogP contribution < -0.4 is 11.1 Å². The zero-order valence-corrected chi connectivity index (χ0v) is 14.3. The lowest BCUT2D eigenvalue weighted by Gasteiger charge is -2.09. The summed E-state index contributed by atoms with van der Waals surface area (Å²) < 4.78 is 0.925. The number of nitrogens with two attached hydrogens (primary N) is 1. The summed E-state index contributed by atoms with van der Waals surface area (Å²) in [4.78, 5) is 10.7. The molecule has 3 rings (SSSR count). The third kappa shape index (κ3) is 2.97. The van der Waals surface area contributed by atoms with E-state index in [0.29, 0.717) is 10.8 Å². The Kier molecular flexibility index (Phi) is 4.01.